The first-order valence-electron chi connectivity index (χ1n) is 10.2. The van der Waals surface area contributed by atoms with E-state index in [9.17, 15) is 14.0 Å². The van der Waals surface area contributed by atoms with Gasteiger partial charge in [-0.2, -0.15) is 5.10 Å². The van der Waals surface area contributed by atoms with E-state index in [0.29, 0.717) is 46.9 Å². The molecule has 7 nitrogen and oxygen atoms in total. The molecule has 2 N–H and O–H groups in total. The van der Waals surface area contributed by atoms with E-state index in [4.69, 9.17) is 9.15 Å². The number of methoxy groups -OCH3 is 1. The van der Waals surface area contributed by atoms with Gasteiger partial charge in [0.25, 0.3) is 11.8 Å². The first-order valence-corrected chi connectivity index (χ1v) is 10.2. The zero-order chi connectivity index (χ0) is 22.7. The highest BCUT2D eigenvalue weighted by atomic mass is 19.1. The van der Waals surface area contributed by atoms with Gasteiger partial charge in [-0.3, -0.25) is 9.59 Å². The summed E-state index contributed by atoms with van der Waals surface area (Å²) in [5.74, 6) is 0.0733. The summed E-state index contributed by atoms with van der Waals surface area (Å²) in [5.41, 5.74) is 5.45. The number of carbonyl (C=O) groups is 2. The number of amides is 2. The molecule has 1 aromatic heterocycles. The highest BCUT2D eigenvalue weighted by Gasteiger charge is 2.28. The quantitative estimate of drug-likeness (QED) is 0.579. The van der Waals surface area contributed by atoms with Gasteiger partial charge < -0.3 is 14.5 Å². The van der Waals surface area contributed by atoms with Crippen molar-refractivity contribution in [2.75, 3.05) is 12.4 Å². The Hall–Kier alpha value is -3.94. The summed E-state index contributed by atoms with van der Waals surface area (Å²) in [6, 6.07) is 12.4. The molecule has 0 radical (unpaired) electrons. The molecular weight excluding hydrogens is 413 g/mol. The lowest BCUT2D eigenvalue weighted by molar-refractivity contribution is 0.0950. The van der Waals surface area contributed by atoms with E-state index in [0.717, 1.165) is 12.0 Å². The lowest BCUT2D eigenvalue weighted by Crippen LogP contribution is -2.22. The number of hydrogen-bond acceptors (Lipinski definition) is 5. The Bertz CT molecular complexity index is 1200. The molecule has 8 heteroatoms. The second kappa shape index (κ2) is 9.05. The van der Waals surface area contributed by atoms with Gasteiger partial charge in [0.05, 0.1) is 18.4 Å². The van der Waals surface area contributed by atoms with Gasteiger partial charge in [0.1, 0.15) is 17.3 Å². The standard InChI is InChI=1S/C24H22FN3O4/c1-14-21-18(27-28-23(29)17-6-3-4-8-19(17)31-2)7-5-9-20(21)32-22(14)24(30)26-16-12-10-15(25)11-13-16/h3-4,6,8,10-13H,5,7,9H2,1-2H3,(H,26,30)(H,28,29)/b27-18+. The van der Waals surface area contributed by atoms with Gasteiger partial charge >= 0.3 is 0 Å². The number of rotatable bonds is 5. The Balaban J connectivity index is 1.57. The molecule has 0 aliphatic heterocycles. The van der Waals surface area contributed by atoms with Gasteiger partial charge in [-0.05, 0) is 56.2 Å². The van der Waals surface area contributed by atoms with Crippen molar-refractivity contribution >= 4 is 23.2 Å². The van der Waals surface area contributed by atoms with Gasteiger partial charge in [-0.1, -0.05) is 12.1 Å². The molecule has 1 aliphatic rings. The zero-order valence-electron chi connectivity index (χ0n) is 17.7. The van der Waals surface area contributed by atoms with Crippen LogP contribution >= 0.6 is 0 Å². The number of hydrazone groups is 1. The van der Waals surface area contributed by atoms with Crippen molar-refractivity contribution in [3.63, 3.8) is 0 Å². The Labute approximate surface area is 184 Å². The maximum atomic E-state index is 13.1. The third-order valence-corrected chi connectivity index (χ3v) is 5.28. The van der Waals surface area contributed by atoms with Crippen LogP contribution in [0.2, 0.25) is 0 Å². The fourth-order valence-corrected chi connectivity index (χ4v) is 3.73. The minimum absolute atomic E-state index is 0.171. The molecule has 0 unspecified atom stereocenters. The number of nitrogens with one attached hydrogen (secondary N) is 2. The minimum Gasteiger partial charge on any atom is -0.496 e. The molecule has 164 valence electrons. The molecule has 0 saturated heterocycles. The summed E-state index contributed by atoms with van der Waals surface area (Å²) in [6.07, 6.45) is 2.08. The van der Waals surface area contributed by atoms with Gasteiger partial charge in [0, 0.05) is 23.2 Å². The summed E-state index contributed by atoms with van der Waals surface area (Å²) in [5, 5.41) is 7.04. The fraction of sp³-hybridized carbons (Fsp3) is 0.208. The van der Waals surface area contributed by atoms with E-state index in [1.807, 2.05) is 0 Å². The van der Waals surface area contributed by atoms with Gasteiger partial charge in [-0.25, -0.2) is 9.82 Å². The first kappa shape index (κ1) is 21.3. The molecular formula is C24H22FN3O4. The third-order valence-electron chi connectivity index (χ3n) is 5.28. The summed E-state index contributed by atoms with van der Waals surface area (Å²) < 4.78 is 24.2. The number of hydrogen-bond donors (Lipinski definition) is 2. The molecule has 4 rings (SSSR count). The van der Waals surface area contributed by atoms with Crippen molar-refractivity contribution in [3.8, 4) is 5.75 Å². The van der Waals surface area contributed by atoms with E-state index < -0.39 is 11.8 Å². The maximum Gasteiger partial charge on any atom is 0.291 e. The van der Waals surface area contributed by atoms with Crippen molar-refractivity contribution < 1.29 is 23.1 Å². The molecule has 0 bridgehead atoms. The third kappa shape index (κ3) is 4.25. The van der Waals surface area contributed by atoms with Crippen LogP contribution in [-0.4, -0.2) is 24.6 Å². The predicted octanol–water partition coefficient (Wildman–Crippen LogP) is 4.46. The van der Waals surface area contributed by atoms with Gasteiger partial charge in [0.2, 0.25) is 0 Å². The number of furan rings is 1. The number of anilines is 1. The fourth-order valence-electron chi connectivity index (χ4n) is 3.73. The lowest BCUT2D eigenvalue weighted by Gasteiger charge is -2.14. The largest absolute Gasteiger partial charge is 0.496 e. The van der Waals surface area contributed by atoms with Crippen LogP contribution in [-0.2, 0) is 6.42 Å². The van der Waals surface area contributed by atoms with Gasteiger partial charge in [-0.15, -0.1) is 0 Å². The normalized spacial score (nSPS) is 14.0. The van der Waals surface area contributed by atoms with Crippen LogP contribution in [0.25, 0.3) is 0 Å². The van der Waals surface area contributed by atoms with E-state index in [-0.39, 0.29) is 11.6 Å². The molecule has 2 amide bonds. The van der Waals surface area contributed by atoms with Crippen LogP contribution in [0.1, 0.15) is 50.6 Å². The number of nitrogens with zero attached hydrogens (tertiary/aromatic N) is 1. The molecule has 3 aromatic rings. The highest BCUT2D eigenvalue weighted by Crippen LogP contribution is 2.30. The van der Waals surface area contributed by atoms with E-state index in [1.54, 1.807) is 31.2 Å². The average Bonchev–Trinajstić information content (AvgIpc) is 3.16. The van der Waals surface area contributed by atoms with Crippen LogP contribution in [0, 0.1) is 12.7 Å². The van der Waals surface area contributed by atoms with Crippen molar-refractivity contribution in [3.05, 3.63) is 82.6 Å². The monoisotopic (exact) mass is 435 g/mol. The smallest absolute Gasteiger partial charge is 0.291 e. The number of halogens is 1. The number of aryl methyl sites for hydroxylation is 1. The van der Waals surface area contributed by atoms with Gasteiger partial charge in [0.15, 0.2) is 5.76 Å². The maximum absolute atomic E-state index is 13.1. The Morgan fingerprint density at radius 2 is 1.81 bits per heavy atom. The van der Waals surface area contributed by atoms with Crippen LogP contribution in [0.15, 0.2) is 58.0 Å². The molecule has 0 atom stereocenters. The van der Waals surface area contributed by atoms with E-state index in [1.165, 1.54) is 31.4 Å². The van der Waals surface area contributed by atoms with Crippen LogP contribution < -0.4 is 15.5 Å². The topological polar surface area (TPSA) is 92.9 Å². The second-order valence-electron chi connectivity index (χ2n) is 7.37. The van der Waals surface area contributed by atoms with Crippen LogP contribution in [0.4, 0.5) is 10.1 Å². The van der Waals surface area contributed by atoms with Crippen molar-refractivity contribution in [1.82, 2.24) is 5.43 Å². The number of carbonyl (C=O) groups excluding carboxylic acids is 2. The molecule has 0 fully saturated rings. The summed E-state index contributed by atoms with van der Waals surface area (Å²) in [6.45, 7) is 1.78. The summed E-state index contributed by atoms with van der Waals surface area (Å²) >= 11 is 0. The molecule has 1 heterocycles. The lowest BCUT2D eigenvalue weighted by atomic mass is 9.93. The number of fused-ring (bicyclic) bond motifs is 1. The number of benzene rings is 2. The molecule has 1 aliphatic carbocycles. The minimum atomic E-state index is -0.430. The summed E-state index contributed by atoms with van der Waals surface area (Å²) in [4.78, 5) is 25.3. The van der Waals surface area contributed by atoms with Crippen molar-refractivity contribution in [1.29, 1.82) is 0 Å². The Morgan fingerprint density at radius 3 is 2.56 bits per heavy atom. The predicted molar refractivity (Wildman–Crippen MR) is 118 cm³/mol. The zero-order valence-corrected chi connectivity index (χ0v) is 17.7. The average molecular weight is 435 g/mol. The molecule has 0 saturated carbocycles. The van der Waals surface area contributed by atoms with Crippen LogP contribution in [0.3, 0.4) is 0 Å². The van der Waals surface area contributed by atoms with Crippen LogP contribution in [0.5, 0.6) is 5.75 Å². The molecule has 2 aromatic carbocycles. The number of ether oxygens (including phenoxy) is 1. The SMILES string of the molecule is COc1ccccc1C(=O)N/N=C1\CCCc2oc(C(=O)Nc3ccc(F)cc3)c(C)c21. The Kier molecular flexibility index (Phi) is 6.02. The number of para-hydroxylation sites is 1. The molecule has 32 heavy (non-hydrogen) atoms. The second-order valence-corrected chi connectivity index (χ2v) is 7.37. The summed E-state index contributed by atoms with van der Waals surface area (Å²) in [7, 11) is 1.50. The van der Waals surface area contributed by atoms with Crippen molar-refractivity contribution in [2.24, 2.45) is 5.10 Å². The van der Waals surface area contributed by atoms with E-state index in [2.05, 4.69) is 15.8 Å². The Morgan fingerprint density at radius 1 is 1.06 bits per heavy atom. The van der Waals surface area contributed by atoms with E-state index >= 15 is 0 Å². The first-order chi connectivity index (χ1) is 15.5. The van der Waals surface area contributed by atoms with Crippen molar-refractivity contribution in [2.45, 2.75) is 26.2 Å². The highest BCUT2D eigenvalue weighted by molar-refractivity contribution is 6.09. The molecule has 0 spiro atoms.